The van der Waals surface area contributed by atoms with Crippen LogP contribution in [0, 0.1) is 12.8 Å². The van der Waals surface area contributed by atoms with E-state index in [2.05, 4.69) is 53.5 Å². The van der Waals surface area contributed by atoms with Gasteiger partial charge in [-0.25, -0.2) is 0 Å². The van der Waals surface area contributed by atoms with E-state index in [0.29, 0.717) is 11.5 Å². The SMILES string of the molecule is CC(=O)N1CCc2cc(-c3ccc(C(=O)NCC4CCN(Cc5ccc(C)cc5)CC4)cc3)ccc21. The van der Waals surface area contributed by atoms with E-state index in [4.69, 9.17) is 0 Å². The molecule has 2 amide bonds. The van der Waals surface area contributed by atoms with Gasteiger partial charge in [0.1, 0.15) is 0 Å². The number of fused-ring (bicyclic) bond motifs is 1. The highest BCUT2D eigenvalue weighted by Crippen LogP contribution is 2.32. The summed E-state index contributed by atoms with van der Waals surface area (Å²) in [6, 6.07) is 22.9. The number of carbonyl (C=O) groups is 2. The Labute approximate surface area is 214 Å². The topological polar surface area (TPSA) is 52.7 Å². The molecule has 3 aromatic carbocycles. The second kappa shape index (κ2) is 10.7. The predicted octanol–water partition coefficient (Wildman–Crippen LogP) is 5.21. The lowest BCUT2D eigenvalue weighted by atomic mass is 9.96. The molecule has 5 heteroatoms. The summed E-state index contributed by atoms with van der Waals surface area (Å²) < 4.78 is 0. The minimum atomic E-state index is -0.00492. The molecule has 1 saturated heterocycles. The summed E-state index contributed by atoms with van der Waals surface area (Å²) in [5.74, 6) is 0.614. The van der Waals surface area contributed by atoms with Crippen molar-refractivity contribution >= 4 is 17.5 Å². The van der Waals surface area contributed by atoms with E-state index in [1.165, 1.54) is 16.7 Å². The Balaban J connectivity index is 1.11. The summed E-state index contributed by atoms with van der Waals surface area (Å²) in [5, 5.41) is 3.15. The van der Waals surface area contributed by atoms with Crippen LogP contribution in [0.15, 0.2) is 66.7 Å². The van der Waals surface area contributed by atoms with Crippen molar-refractivity contribution in [3.8, 4) is 11.1 Å². The van der Waals surface area contributed by atoms with Crippen molar-refractivity contribution in [2.45, 2.75) is 39.7 Å². The fourth-order valence-electron chi connectivity index (χ4n) is 5.36. The van der Waals surface area contributed by atoms with Gasteiger partial charge in [0, 0.05) is 37.8 Å². The molecule has 1 fully saturated rings. The maximum Gasteiger partial charge on any atom is 0.251 e. The highest BCUT2D eigenvalue weighted by molar-refractivity contribution is 5.95. The van der Waals surface area contributed by atoms with E-state index < -0.39 is 0 Å². The van der Waals surface area contributed by atoms with Crippen molar-refractivity contribution in [3.63, 3.8) is 0 Å². The molecule has 0 spiro atoms. The second-order valence-corrected chi connectivity index (χ2v) is 10.3. The molecule has 0 aliphatic carbocycles. The quantitative estimate of drug-likeness (QED) is 0.526. The number of nitrogens with zero attached hydrogens (tertiary/aromatic N) is 2. The molecule has 36 heavy (non-hydrogen) atoms. The molecule has 0 bridgehead atoms. The van der Waals surface area contributed by atoms with Gasteiger partial charge in [-0.05, 0) is 91.7 Å². The molecule has 0 radical (unpaired) electrons. The van der Waals surface area contributed by atoms with Crippen molar-refractivity contribution < 1.29 is 9.59 Å². The van der Waals surface area contributed by atoms with E-state index in [0.717, 1.165) is 68.8 Å². The number of hydrogen-bond donors (Lipinski definition) is 1. The highest BCUT2D eigenvalue weighted by Gasteiger charge is 2.23. The summed E-state index contributed by atoms with van der Waals surface area (Å²) in [4.78, 5) is 28.9. The molecule has 0 aromatic heterocycles. The van der Waals surface area contributed by atoms with Crippen LogP contribution in [-0.2, 0) is 17.8 Å². The summed E-state index contributed by atoms with van der Waals surface area (Å²) >= 11 is 0. The van der Waals surface area contributed by atoms with Crippen LogP contribution in [0.25, 0.3) is 11.1 Å². The summed E-state index contributed by atoms with van der Waals surface area (Å²) in [6.07, 6.45) is 3.11. The zero-order chi connectivity index (χ0) is 25.1. The normalized spacial score (nSPS) is 16.1. The van der Waals surface area contributed by atoms with Crippen LogP contribution in [0.3, 0.4) is 0 Å². The number of carbonyl (C=O) groups excluding carboxylic acids is 2. The third-order valence-electron chi connectivity index (χ3n) is 7.62. The number of hydrogen-bond acceptors (Lipinski definition) is 3. The minimum Gasteiger partial charge on any atom is -0.352 e. The van der Waals surface area contributed by atoms with Crippen LogP contribution in [-0.4, -0.2) is 42.9 Å². The van der Waals surface area contributed by atoms with Gasteiger partial charge in [0.25, 0.3) is 5.91 Å². The van der Waals surface area contributed by atoms with Gasteiger partial charge in [0.2, 0.25) is 5.91 Å². The monoisotopic (exact) mass is 481 g/mol. The Bertz CT molecular complexity index is 1230. The molecule has 186 valence electrons. The number of aryl methyl sites for hydroxylation is 1. The van der Waals surface area contributed by atoms with Crippen LogP contribution >= 0.6 is 0 Å². The van der Waals surface area contributed by atoms with Crippen molar-refractivity contribution in [3.05, 3.63) is 89.0 Å². The fraction of sp³-hybridized carbons (Fsp3) is 0.355. The first-order chi connectivity index (χ1) is 17.5. The summed E-state index contributed by atoms with van der Waals surface area (Å²) in [6.45, 7) is 8.38. The maximum atomic E-state index is 12.8. The lowest BCUT2D eigenvalue weighted by molar-refractivity contribution is -0.116. The van der Waals surface area contributed by atoms with Crippen LogP contribution in [0.1, 0.15) is 46.8 Å². The molecule has 2 aliphatic rings. The molecule has 0 unspecified atom stereocenters. The number of benzene rings is 3. The van der Waals surface area contributed by atoms with Gasteiger partial charge >= 0.3 is 0 Å². The molecule has 2 heterocycles. The van der Waals surface area contributed by atoms with Gasteiger partial charge in [-0.2, -0.15) is 0 Å². The Morgan fingerprint density at radius 2 is 1.58 bits per heavy atom. The lowest BCUT2D eigenvalue weighted by Crippen LogP contribution is -2.38. The smallest absolute Gasteiger partial charge is 0.251 e. The molecule has 1 N–H and O–H groups in total. The van der Waals surface area contributed by atoms with Crippen molar-refractivity contribution in [2.75, 3.05) is 31.1 Å². The standard InChI is InChI=1S/C31H35N3O2/c1-22-3-5-25(6-4-22)21-33-16-13-24(14-17-33)20-32-31(36)27-9-7-26(8-10-27)28-11-12-30-29(19-28)15-18-34(30)23(2)35/h3-12,19,24H,13-18,20-21H2,1-2H3,(H,32,36). The molecule has 5 rings (SSSR count). The van der Waals surface area contributed by atoms with Gasteiger partial charge in [0.15, 0.2) is 0 Å². The van der Waals surface area contributed by atoms with E-state index in [1.54, 1.807) is 6.92 Å². The van der Waals surface area contributed by atoms with Crippen molar-refractivity contribution in [2.24, 2.45) is 5.92 Å². The fourth-order valence-corrected chi connectivity index (χ4v) is 5.36. The van der Waals surface area contributed by atoms with E-state index in [-0.39, 0.29) is 11.8 Å². The Morgan fingerprint density at radius 3 is 2.28 bits per heavy atom. The third-order valence-corrected chi connectivity index (χ3v) is 7.62. The van der Waals surface area contributed by atoms with Gasteiger partial charge < -0.3 is 10.2 Å². The summed E-state index contributed by atoms with van der Waals surface area (Å²) in [5.41, 5.74) is 7.78. The Hall–Kier alpha value is -3.44. The minimum absolute atomic E-state index is 0.00492. The number of amides is 2. The van der Waals surface area contributed by atoms with Crippen molar-refractivity contribution in [1.29, 1.82) is 0 Å². The molecule has 2 aliphatic heterocycles. The number of piperidine rings is 1. The number of rotatable bonds is 6. The van der Waals surface area contributed by atoms with Gasteiger partial charge in [-0.1, -0.05) is 48.0 Å². The molecular formula is C31H35N3O2. The first kappa shape index (κ1) is 24.3. The van der Waals surface area contributed by atoms with Crippen molar-refractivity contribution in [1.82, 2.24) is 10.2 Å². The second-order valence-electron chi connectivity index (χ2n) is 10.3. The molecule has 0 atom stereocenters. The van der Waals surface area contributed by atoms with E-state index in [9.17, 15) is 9.59 Å². The predicted molar refractivity (Wildman–Crippen MR) is 145 cm³/mol. The first-order valence-electron chi connectivity index (χ1n) is 13.0. The summed E-state index contributed by atoms with van der Waals surface area (Å²) in [7, 11) is 0. The third kappa shape index (κ3) is 5.52. The van der Waals surface area contributed by atoms with Gasteiger partial charge in [0.05, 0.1) is 0 Å². The van der Waals surface area contributed by atoms with E-state index >= 15 is 0 Å². The molecule has 0 saturated carbocycles. The maximum absolute atomic E-state index is 12.8. The Morgan fingerprint density at radius 1 is 0.889 bits per heavy atom. The van der Waals surface area contributed by atoms with E-state index in [1.807, 2.05) is 35.2 Å². The lowest BCUT2D eigenvalue weighted by Gasteiger charge is -2.32. The number of nitrogens with one attached hydrogen (secondary N) is 1. The van der Waals surface area contributed by atoms with Crippen LogP contribution in [0.4, 0.5) is 5.69 Å². The van der Waals surface area contributed by atoms with Crippen LogP contribution < -0.4 is 10.2 Å². The Kier molecular flexibility index (Phi) is 7.19. The zero-order valence-corrected chi connectivity index (χ0v) is 21.3. The largest absolute Gasteiger partial charge is 0.352 e. The molecule has 3 aromatic rings. The number of likely N-dealkylation sites (tertiary alicyclic amines) is 1. The van der Waals surface area contributed by atoms with Gasteiger partial charge in [-0.3, -0.25) is 14.5 Å². The van der Waals surface area contributed by atoms with Crippen LogP contribution in [0.2, 0.25) is 0 Å². The number of anilines is 1. The average Bonchev–Trinajstić information content (AvgIpc) is 3.33. The molecular weight excluding hydrogens is 446 g/mol. The molecule has 5 nitrogen and oxygen atoms in total. The average molecular weight is 482 g/mol. The van der Waals surface area contributed by atoms with Crippen LogP contribution in [0.5, 0.6) is 0 Å². The van der Waals surface area contributed by atoms with Gasteiger partial charge in [-0.15, -0.1) is 0 Å². The zero-order valence-electron chi connectivity index (χ0n) is 21.3. The highest BCUT2D eigenvalue weighted by atomic mass is 16.2. The first-order valence-corrected chi connectivity index (χ1v) is 13.0.